The number of benzene rings is 1. The smallest absolute Gasteiger partial charge is 0.243 e. The molecule has 1 aliphatic heterocycles. The average molecular weight is 338 g/mol. The second kappa shape index (κ2) is 5.17. The second-order valence-corrected chi connectivity index (χ2v) is 8.26. The molecule has 0 bridgehead atoms. The van der Waals surface area contributed by atoms with Crippen molar-refractivity contribution in [3.05, 3.63) is 28.7 Å². The van der Waals surface area contributed by atoms with Crippen molar-refractivity contribution in [3.8, 4) is 0 Å². The van der Waals surface area contributed by atoms with Crippen LogP contribution in [0, 0.1) is 0 Å². The maximum atomic E-state index is 12.3. The van der Waals surface area contributed by atoms with Crippen LogP contribution < -0.4 is 0 Å². The molecule has 1 aromatic carbocycles. The van der Waals surface area contributed by atoms with Crippen molar-refractivity contribution in [3.63, 3.8) is 0 Å². The molecular weight excluding hydrogens is 326 g/mol. The van der Waals surface area contributed by atoms with Gasteiger partial charge in [-0.1, -0.05) is 22.0 Å². The highest BCUT2D eigenvalue weighted by Gasteiger charge is 2.27. The van der Waals surface area contributed by atoms with E-state index in [9.17, 15) is 12.6 Å². The lowest BCUT2D eigenvalue weighted by Gasteiger charge is -2.25. The molecule has 0 N–H and O–H groups in total. The SMILES string of the molecule is O=S1CCN(S(=O)(=O)c2cccc(Br)c2)CC1. The van der Waals surface area contributed by atoms with Crippen LogP contribution in [-0.2, 0) is 20.8 Å². The number of rotatable bonds is 2. The van der Waals surface area contributed by atoms with Gasteiger partial charge >= 0.3 is 0 Å². The summed E-state index contributed by atoms with van der Waals surface area (Å²) in [6.07, 6.45) is 0. The molecule has 17 heavy (non-hydrogen) atoms. The Morgan fingerprint density at radius 1 is 1.24 bits per heavy atom. The van der Waals surface area contributed by atoms with E-state index in [4.69, 9.17) is 0 Å². The van der Waals surface area contributed by atoms with Crippen LogP contribution in [0.4, 0.5) is 0 Å². The van der Waals surface area contributed by atoms with E-state index in [1.54, 1.807) is 24.3 Å². The van der Waals surface area contributed by atoms with E-state index in [0.717, 1.165) is 4.47 Å². The molecule has 0 amide bonds. The number of halogens is 1. The number of sulfonamides is 1. The fourth-order valence-electron chi connectivity index (χ4n) is 1.64. The zero-order chi connectivity index (χ0) is 12.5. The molecule has 1 aliphatic rings. The first-order valence-electron chi connectivity index (χ1n) is 5.11. The Labute approximate surface area is 112 Å². The van der Waals surface area contributed by atoms with Gasteiger partial charge in [-0.15, -0.1) is 0 Å². The highest BCUT2D eigenvalue weighted by molar-refractivity contribution is 9.10. The predicted octanol–water partition coefficient (Wildman–Crippen LogP) is 1.20. The Kier molecular flexibility index (Phi) is 4.02. The summed E-state index contributed by atoms with van der Waals surface area (Å²) in [5.41, 5.74) is 0. The summed E-state index contributed by atoms with van der Waals surface area (Å²) in [5, 5.41) is 0. The second-order valence-electron chi connectivity index (χ2n) is 3.71. The Balaban J connectivity index is 2.27. The van der Waals surface area contributed by atoms with Gasteiger partial charge in [0.1, 0.15) is 0 Å². The quantitative estimate of drug-likeness (QED) is 0.814. The fraction of sp³-hybridized carbons (Fsp3) is 0.400. The van der Waals surface area contributed by atoms with Crippen molar-refractivity contribution in [1.29, 1.82) is 0 Å². The summed E-state index contributed by atoms with van der Waals surface area (Å²) in [7, 11) is -4.31. The number of hydrogen-bond donors (Lipinski definition) is 0. The van der Waals surface area contributed by atoms with Crippen molar-refractivity contribution in [1.82, 2.24) is 4.31 Å². The average Bonchev–Trinajstić information content (AvgIpc) is 2.29. The van der Waals surface area contributed by atoms with Gasteiger partial charge in [-0.2, -0.15) is 4.31 Å². The summed E-state index contributed by atoms with van der Waals surface area (Å²) < 4.78 is 37.8. The first-order valence-corrected chi connectivity index (χ1v) is 8.83. The van der Waals surface area contributed by atoms with Crippen LogP contribution in [0.2, 0.25) is 0 Å². The molecule has 0 saturated carbocycles. The van der Waals surface area contributed by atoms with Crippen LogP contribution in [-0.4, -0.2) is 41.5 Å². The van der Waals surface area contributed by atoms with Gasteiger partial charge in [-0.3, -0.25) is 4.21 Å². The van der Waals surface area contributed by atoms with Crippen molar-refractivity contribution < 1.29 is 12.6 Å². The maximum absolute atomic E-state index is 12.3. The van der Waals surface area contributed by atoms with Crippen molar-refractivity contribution in [2.75, 3.05) is 24.6 Å². The molecule has 0 spiro atoms. The molecule has 0 aliphatic carbocycles. The zero-order valence-corrected chi connectivity index (χ0v) is 12.2. The Morgan fingerprint density at radius 2 is 1.88 bits per heavy atom. The Hall–Kier alpha value is -0.240. The van der Waals surface area contributed by atoms with E-state index in [-0.39, 0.29) is 4.90 Å². The molecule has 1 fully saturated rings. The maximum Gasteiger partial charge on any atom is 0.243 e. The summed E-state index contributed by atoms with van der Waals surface area (Å²) in [5.74, 6) is 0.848. The van der Waals surface area contributed by atoms with Crippen LogP contribution >= 0.6 is 15.9 Å². The zero-order valence-electron chi connectivity index (χ0n) is 9.00. The summed E-state index contributed by atoms with van der Waals surface area (Å²) in [6, 6.07) is 6.63. The van der Waals surface area contributed by atoms with Gasteiger partial charge in [-0.05, 0) is 18.2 Å². The minimum atomic E-state index is -3.44. The third kappa shape index (κ3) is 2.96. The van der Waals surface area contributed by atoms with Gasteiger partial charge in [0.15, 0.2) is 0 Å². The molecule has 4 nitrogen and oxygen atoms in total. The molecule has 2 rings (SSSR count). The lowest BCUT2D eigenvalue weighted by molar-refractivity contribution is 0.438. The van der Waals surface area contributed by atoms with Crippen LogP contribution in [0.3, 0.4) is 0 Å². The van der Waals surface area contributed by atoms with E-state index in [1.165, 1.54) is 4.31 Å². The molecule has 0 radical (unpaired) electrons. The summed E-state index contributed by atoms with van der Waals surface area (Å²) >= 11 is 3.26. The van der Waals surface area contributed by atoms with E-state index >= 15 is 0 Å². The van der Waals surface area contributed by atoms with E-state index in [2.05, 4.69) is 15.9 Å². The van der Waals surface area contributed by atoms with Crippen LogP contribution in [0.25, 0.3) is 0 Å². The van der Waals surface area contributed by atoms with Gasteiger partial charge in [0.25, 0.3) is 0 Å². The van der Waals surface area contributed by atoms with Crippen molar-refractivity contribution >= 4 is 36.8 Å². The monoisotopic (exact) mass is 337 g/mol. The standard InChI is InChI=1S/C10H12BrNO3S2/c11-9-2-1-3-10(8-9)17(14,15)12-4-6-16(13)7-5-12/h1-3,8H,4-7H2. The first-order chi connectivity index (χ1) is 8.00. The molecule has 1 aromatic rings. The molecule has 1 saturated heterocycles. The van der Waals surface area contributed by atoms with Gasteiger partial charge in [0, 0.05) is 39.9 Å². The van der Waals surface area contributed by atoms with Crippen LogP contribution in [0.5, 0.6) is 0 Å². The third-order valence-corrected chi connectivity index (χ3v) is 6.23. The minimum Gasteiger partial charge on any atom is -0.259 e. The summed E-state index contributed by atoms with van der Waals surface area (Å²) in [4.78, 5) is 0.277. The summed E-state index contributed by atoms with van der Waals surface area (Å²) in [6.45, 7) is 0.670. The lowest BCUT2D eigenvalue weighted by Crippen LogP contribution is -2.41. The van der Waals surface area contributed by atoms with Crippen LogP contribution in [0.1, 0.15) is 0 Å². The van der Waals surface area contributed by atoms with E-state index in [1.807, 2.05) is 0 Å². The number of hydrogen-bond acceptors (Lipinski definition) is 3. The van der Waals surface area contributed by atoms with E-state index in [0.29, 0.717) is 24.6 Å². The van der Waals surface area contributed by atoms with Gasteiger partial charge in [-0.25, -0.2) is 8.42 Å². The lowest BCUT2D eigenvalue weighted by atomic mass is 10.4. The fourth-order valence-corrected chi connectivity index (χ4v) is 4.96. The van der Waals surface area contributed by atoms with Crippen LogP contribution in [0.15, 0.2) is 33.6 Å². The Bertz CT molecular complexity index is 534. The Morgan fingerprint density at radius 3 is 2.47 bits per heavy atom. The highest BCUT2D eigenvalue weighted by Crippen LogP contribution is 2.20. The van der Waals surface area contributed by atoms with Gasteiger partial charge in [0.2, 0.25) is 10.0 Å². The minimum absolute atomic E-state index is 0.277. The first kappa shape index (κ1) is 13.2. The molecule has 0 aromatic heterocycles. The topological polar surface area (TPSA) is 54.5 Å². The molecule has 1 heterocycles. The molecule has 0 unspecified atom stereocenters. The van der Waals surface area contributed by atoms with Gasteiger partial charge in [0.05, 0.1) is 4.90 Å². The van der Waals surface area contributed by atoms with Crippen molar-refractivity contribution in [2.24, 2.45) is 0 Å². The molecule has 7 heteroatoms. The molecule has 94 valence electrons. The predicted molar refractivity (Wildman–Crippen MR) is 70.8 cm³/mol. The highest BCUT2D eigenvalue weighted by atomic mass is 79.9. The van der Waals surface area contributed by atoms with Gasteiger partial charge < -0.3 is 0 Å². The molecule has 0 atom stereocenters. The molecular formula is C10H12BrNO3S2. The third-order valence-electron chi connectivity index (χ3n) is 2.57. The van der Waals surface area contributed by atoms with E-state index < -0.39 is 20.8 Å². The number of nitrogens with zero attached hydrogens (tertiary/aromatic N) is 1. The normalized spacial score (nSPS) is 19.4. The largest absolute Gasteiger partial charge is 0.259 e. The van der Waals surface area contributed by atoms with Crippen molar-refractivity contribution in [2.45, 2.75) is 4.90 Å².